The Labute approximate surface area is 61.7 Å². The van der Waals surface area contributed by atoms with Gasteiger partial charge in [-0.25, -0.2) is 0 Å². The Bertz CT molecular complexity index is 90.9. The molecular weight excluding hydrogens is 130 g/mol. The molecular formula is C7H15NS. The maximum atomic E-state index is 7.27. The van der Waals surface area contributed by atoms with Crippen molar-refractivity contribution in [1.82, 2.24) is 0 Å². The van der Waals surface area contributed by atoms with Gasteiger partial charge in [-0.05, 0) is 31.3 Å². The quantitative estimate of drug-likeness (QED) is 0.603. The van der Waals surface area contributed by atoms with Crippen LogP contribution in [0.2, 0.25) is 0 Å². The van der Waals surface area contributed by atoms with Gasteiger partial charge >= 0.3 is 0 Å². The van der Waals surface area contributed by atoms with E-state index in [1.165, 1.54) is 5.75 Å². The molecule has 1 unspecified atom stereocenters. The van der Waals surface area contributed by atoms with E-state index in [0.29, 0.717) is 5.92 Å². The van der Waals surface area contributed by atoms with Crippen LogP contribution in [0.4, 0.5) is 0 Å². The number of thioether (sulfide) groups is 1. The fourth-order valence-corrected chi connectivity index (χ4v) is 1.10. The van der Waals surface area contributed by atoms with Crippen LogP contribution in [0.15, 0.2) is 0 Å². The first-order valence-corrected chi connectivity index (χ1v) is 4.62. The van der Waals surface area contributed by atoms with Gasteiger partial charge in [-0.1, -0.05) is 6.92 Å². The highest BCUT2D eigenvalue weighted by molar-refractivity contribution is 7.98. The van der Waals surface area contributed by atoms with Crippen LogP contribution < -0.4 is 0 Å². The van der Waals surface area contributed by atoms with Crippen molar-refractivity contribution < 1.29 is 0 Å². The van der Waals surface area contributed by atoms with Crippen molar-refractivity contribution in [3.05, 3.63) is 0 Å². The molecule has 0 saturated heterocycles. The standard InChI is InChI=1S/C7H15NS/c1-6(7(2)8)4-5-9-3/h6,8H,4-5H2,1-3H3. The van der Waals surface area contributed by atoms with Gasteiger partial charge in [0.2, 0.25) is 0 Å². The summed E-state index contributed by atoms with van der Waals surface area (Å²) < 4.78 is 0. The van der Waals surface area contributed by atoms with Crippen molar-refractivity contribution >= 4 is 17.5 Å². The average Bonchev–Trinajstić information content (AvgIpc) is 1.82. The molecule has 0 fully saturated rings. The summed E-state index contributed by atoms with van der Waals surface area (Å²) in [6, 6.07) is 0. The molecule has 1 atom stereocenters. The predicted octanol–water partition coefficient (Wildman–Crippen LogP) is 2.42. The first-order chi connectivity index (χ1) is 4.18. The van der Waals surface area contributed by atoms with Crippen molar-refractivity contribution in [2.75, 3.05) is 12.0 Å². The minimum absolute atomic E-state index is 0.484. The van der Waals surface area contributed by atoms with Crippen molar-refractivity contribution in [3.63, 3.8) is 0 Å². The molecule has 0 bridgehead atoms. The van der Waals surface area contributed by atoms with Crippen LogP contribution in [-0.2, 0) is 0 Å². The molecule has 1 nitrogen and oxygen atoms in total. The summed E-state index contributed by atoms with van der Waals surface area (Å²) in [6.45, 7) is 3.99. The van der Waals surface area contributed by atoms with Crippen LogP contribution in [0.25, 0.3) is 0 Å². The third-order valence-corrected chi connectivity index (χ3v) is 2.14. The van der Waals surface area contributed by atoms with Gasteiger partial charge in [-0.2, -0.15) is 11.8 Å². The van der Waals surface area contributed by atoms with Crippen molar-refractivity contribution in [2.45, 2.75) is 20.3 Å². The fraction of sp³-hybridized carbons (Fsp3) is 0.857. The van der Waals surface area contributed by atoms with Crippen LogP contribution in [0, 0.1) is 11.3 Å². The maximum Gasteiger partial charge on any atom is 0.00866 e. The highest BCUT2D eigenvalue weighted by Gasteiger charge is 2.01. The lowest BCUT2D eigenvalue weighted by atomic mass is 10.1. The molecule has 0 aromatic carbocycles. The zero-order valence-electron chi connectivity index (χ0n) is 6.40. The lowest BCUT2D eigenvalue weighted by molar-refractivity contribution is 0.740. The zero-order valence-corrected chi connectivity index (χ0v) is 7.22. The maximum absolute atomic E-state index is 7.27. The molecule has 0 aliphatic rings. The smallest absolute Gasteiger partial charge is 0.00866 e. The van der Waals surface area contributed by atoms with Gasteiger partial charge in [0.05, 0.1) is 0 Å². The molecule has 0 rings (SSSR count). The van der Waals surface area contributed by atoms with Gasteiger partial charge in [0, 0.05) is 5.71 Å². The van der Waals surface area contributed by atoms with Gasteiger partial charge < -0.3 is 5.41 Å². The Morgan fingerprint density at radius 2 is 2.22 bits per heavy atom. The highest BCUT2D eigenvalue weighted by Crippen LogP contribution is 2.07. The van der Waals surface area contributed by atoms with E-state index in [0.717, 1.165) is 12.1 Å². The van der Waals surface area contributed by atoms with E-state index in [9.17, 15) is 0 Å². The summed E-state index contributed by atoms with van der Waals surface area (Å²) >= 11 is 1.85. The first-order valence-electron chi connectivity index (χ1n) is 3.22. The van der Waals surface area contributed by atoms with Crippen molar-refractivity contribution in [1.29, 1.82) is 5.41 Å². The van der Waals surface area contributed by atoms with Crippen molar-refractivity contribution in [3.8, 4) is 0 Å². The molecule has 1 N–H and O–H groups in total. The van der Waals surface area contributed by atoms with Crippen LogP contribution in [0.3, 0.4) is 0 Å². The second-order valence-electron chi connectivity index (χ2n) is 2.37. The van der Waals surface area contributed by atoms with E-state index in [1.54, 1.807) is 0 Å². The van der Waals surface area contributed by atoms with E-state index in [2.05, 4.69) is 13.2 Å². The average molecular weight is 145 g/mol. The van der Waals surface area contributed by atoms with E-state index >= 15 is 0 Å². The Morgan fingerprint density at radius 1 is 1.67 bits per heavy atom. The second-order valence-corrected chi connectivity index (χ2v) is 3.35. The third-order valence-electron chi connectivity index (χ3n) is 1.49. The Kier molecular flexibility index (Phi) is 4.87. The Balaban J connectivity index is 3.27. The van der Waals surface area contributed by atoms with Gasteiger partial charge in [0.1, 0.15) is 0 Å². The minimum atomic E-state index is 0.484. The molecule has 54 valence electrons. The van der Waals surface area contributed by atoms with Crippen LogP contribution in [0.5, 0.6) is 0 Å². The number of hydrogen-bond acceptors (Lipinski definition) is 2. The summed E-state index contributed by atoms with van der Waals surface area (Å²) in [5.74, 6) is 1.66. The van der Waals surface area contributed by atoms with E-state index in [4.69, 9.17) is 5.41 Å². The first kappa shape index (κ1) is 9.02. The molecule has 0 heterocycles. The third kappa shape index (κ3) is 4.52. The molecule has 0 spiro atoms. The van der Waals surface area contributed by atoms with Gasteiger partial charge in [-0.3, -0.25) is 0 Å². The molecule has 0 radical (unpaired) electrons. The highest BCUT2D eigenvalue weighted by atomic mass is 32.2. The topological polar surface area (TPSA) is 23.9 Å². The summed E-state index contributed by atoms with van der Waals surface area (Å²) in [4.78, 5) is 0. The number of hydrogen-bond donors (Lipinski definition) is 1. The van der Waals surface area contributed by atoms with Gasteiger partial charge in [-0.15, -0.1) is 0 Å². The molecule has 0 aliphatic heterocycles. The minimum Gasteiger partial charge on any atom is -0.310 e. The Hall–Kier alpha value is 0.0200. The van der Waals surface area contributed by atoms with E-state index < -0.39 is 0 Å². The molecule has 9 heavy (non-hydrogen) atoms. The molecule has 0 aromatic heterocycles. The zero-order chi connectivity index (χ0) is 7.28. The van der Waals surface area contributed by atoms with Crippen LogP contribution in [-0.4, -0.2) is 17.7 Å². The van der Waals surface area contributed by atoms with Crippen molar-refractivity contribution in [2.24, 2.45) is 5.92 Å². The van der Waals surface area contributed by atoms with Crippen LogP contribution in [0.1, 0.15) is 20.3 Å². The molecule has 0 aromatic rings. The fourth-order valence-electron chi connectivity index (χ4n) is 0.511. The lowest BCUT2D eigenvalue weighted by Gasteiger charge is -2.06. The monoisotopic (exact) mass is 145 g/mol. The Morgan fingerprint density at radius 3 is 2.56 bits per heavy atom. The molecule has 0 amide bonds. The number of rotatable bonds is 4. The SMILES string of the molecule is CSCCC(C)C(C)=N. The summed E-state index contributed by atoms with van der Waals surface area (Å²) in [5, 5.41) is 7.27. The summed E-state index contributed by atoms with van der Waals surface area (Å²) in [5.41, 5.74) is 0.809. The van der Waals surface area contributed by atoms with E-state index in [1.807, 2.05) is 18.7 Å². The van der Waals surface area contributed by atoms with Crippen LogP contribution >= 0.6 is 11.8 Å². The number of nitrogens with one attached hydrogen (secondary N) is 1. The summed E-state index contributed by atoms with van der Waals surface area (Å²) in [7, 11) is 0. The summed E-state index contributed by atoms with van der Waals surface area (Å²) in [6.07, 6.45) is 3.25. The normalized spacial score (nSPS) is 13.2. The largest absolute Gasteiger partial charge is 0.310 e. The van der Waals surface area contributed by atoms with E-state index in [-0.39, 0.29) is 0 Å². The molecule has 0 aliphatic carbocycles. The lowest BCUT2D eigenvalue weighted by Crippen LogP contribution is -2.05. The molecule has 0 saturated carbocycles. The second kappa shape index (κ2) is 4.86. The van der Waals surface area contributed by atoms with Gasteiger partial charge in [0.15, 0.2) is 0 Å². The predicted molar refractivity (Wildman–Crippen MR) is 45.6 cm³/mol. The van der Waals surface area contributed by atoms with Gasteiger partial charge in [0.25, 0.3) is 0 Å². The molecule has 2 heteroatoms.